The van der Waals surface area contributed by atoms with E-state index in [0.29, 0.717) is 18.5 Å². The number of halogens is 1. The van der Waals surface area contributed by atoms with Crippen molar-refractivity contribution in [1.82, 2.24) is 15.3 Å². The summed E-state index contributed by atoms with van der Waals surface area (Å²) < 4.78 is 18.6. The number of nitrogens with zero attached hydrogens (tertiary/aromatic N) is 1. The van der Waals surface area contributed by atoms with E-state index in [-0.39, 0.29) is 17.6 Å². The molecule has 20 heavy (non-hydrogen) atoms. The Hall–Kier alpha value is -2.37. The van der Waals surface area contributed by atoms with E-state index in [4.69, 9.17) is 4.74 Å². The number of imidazole rings is 1. The summed E-state index contributed by atoms with van der Waals surface area (Å²) in [7, 11) is 1.43. The quantitative estimate of drug-likeness (QED) is 0.898. The van der Waals surface area contributed by atoms with Crippen LogP contribution in [-0.4, -0.2) is 29.5 Å². The molecule has 2 N–H and O–H groups in total. The first-order chi connectivity index (χ1) is 9.67. The minimum absolute atomic E-state index is 0.0310. The van der Waals surface area contributed by atoms with Crippen LogP contribution in [-0.2, 0) is 4.79 Å². The summed E-state index contributed by atoms with van der Waals surface area (Å²) in [4.78, 5) is 18.6. The molecule has 1 aromatic carbocycles. The van der Waals surface area contributed by atoms with Crippen LogP contribution >= 0.6 is 0 Å². The number of H-pyrrole nitrogens is 1. The first kappa shape index (κ1) is 12.7. The molecule has 1 saturated heterocycles. The van der Waals surface area contributed by atoms with E-state index in [1.807, 2.05) is 0 Å². The molecule has 2 heterocycles. The van der Waals surface area contributed by atoms with Crippen molar-refractivity contribution >= 4 is 5.91 Å². The van der Waals surface area contributed by atoms with Gasteiger partial charge in [0, 0.05) is 24.4 Å². The molecule has 1 aliphatic rings. The number of carbonyl (C=O) groups excluding carboxylic acids is 1. The molecule has 0 aliphatic carbocycles. The molecule has 0 radical (unpaired) electrons. The number of benzene rings is 1. The zero-order chi connectivity index (χ0) is 14.1. The van der Waals surface area contributed by atoms with Gasteiger partial charge in [-0.05, 0) is 18.2 Å². The number of methoxy groups -OCH3 is 1. The Morgan fingerprint density at radius 1 is 1.45 bits per heavy atom. The molecule has 1 fully saturated rings. The molecular formula is C14H14FN3O2. The van der Waals surface area contributed by atoms with E-state index in [1.54, 1.807) is 18.3 Å². The Balaban J connectivity index is 1.86. The van der Waals surface area contributed by atoms with Crippen LogP contribution in [0.5, 0.6) is 5.75 Å². The lowest BCUT2D eigenvalue weighted by molar-refractivity contribution is -0.119. The molecule has 0 saturated carbocycles. The summed E-state index contributed by atoms with van der Waals surface area (Å²) in [5.74, 6) is 0.621. The number of hydrogen-bond acceptors (Lipinski definition) is 3. The van der Waals surface area contributed by atoms with Gasteiger partial charge in [0.25, 0.3) is 0 Å². The van der Waals surface area contributed by atoms with Gasteiger partial charge in [-0.15, -0.1) is 0 Å². The van der Waals surface area contributed by atoms with Crippen molar-refractivity contribution in [3.63, 3.8) is 0 Å². The highest BCUT2D eigenvalue weighted by atomic mass is 19.1. The summed E-state index contributed by atoms with van der Waals surface area (Å²) in [6.45, 7) is 0.586. The molecule has 1 aromatic heterocycles. The molecule has 2 aromatic rings. The van der Waals surface area contributed by atoms with Crippen molar-refractivity contribution in [3.05, 3.63) is 36.0 Å². The fourth-order valence-electron chi connectivity index (χ4n) is 2.32. The molecule has 104 valence electrons. The number of hydrogen-bond donors (Lipinski definition) is 2. The normalized spacial score (nSPS) is 18.1. The van der Waals surface area contributed by atoms with Gasteiger partial charge in [0.1, 0.15) is 5.82 Å². The highest BCUT2D eigenvalue weighted by Crippen LogP contribution is 2.27. The van der Waals surface area contributed by atoms with E-state index in [0.717, 1.165) is 11.5 Å². The summed E-state index contributed by atoms with van der Waals surface area (Å²) >= 11 is 0. The number of carbonyl (C=O) groups is 1. The van der Waals surface area contributed by atoms with Crippen molar-refractivity contribution in [2.24, 2.45) is 0 Å². The van der Waals surface area contributed by atoms with E-state index in [2.05, 4.69) is 15.3 Å². The first-order valence-electron chi connectivity index (χ1n) is 6.33. The van der Waals surface area contributed by atoms with Crippen LogP contribution in [0.1, 0.15) is 18.2 Å². The average molecular weight is 275 g/mol. The Kier molecular flexibility index (Phi) is 3.14. The lowest BCUT2D eigenvalue weighted by atomic mass is 10.1. The predicted molar refractivity (Wildman–Crippen MR) is 70.9 cm³/mol. The highest BCUT2D eigenvalue weighted by Gasteiger charge is 2.25. The highest BCUT2D eigenvalue weighted by molar-refractivity contribution is 5.79. The fraction of sp³-hybridized carbons (Fsp3) is 0.286. The third-order valence-electron chi connectivity index (χ3n) is 3.42. The van der Waals surface area contributed by atoms with Crippen LogP contribution < -0.4 is 10.1 Å². The molecule has 6 heteroatoms. The topological polar surface area (TPSA) is 67.0 Å². The monoisotopic (exact) mass is 275 g/mol. The molecular weight excluding hydrogens is 261 g/mol. The molecule has 5 nitrogen and oxygen atoms in total. The summed E-state index contributed by atoms with van der Waals surface area (Å²) in [6, 6.07) is 4.73. The van der Waals surface area contributed by atoms with Crippen molar-refractivity contribution in [2.75, 3.05) is 13.7 Å². The van der Waals surface area contributed by atoms with Crippen LogP contribution in [0.2, 0.25) is 0 Å². The number of amides is 1. The van der Waals surface area contributed by atoms with Gasteiger partial charge in [0.15, 0.2) is 11.6 Å². The minimum Gasteiger partial charge on any atom is -0.494 e. The van der Waals surface area contributed by atoms with Gasteiger partial charge < -0.3 is 15.0 Å². The number of rotatable bonds is 3. The van der Waals surface area contributed by atoms with Crippen molar-refractivity contribution in [3.8, 4) is 17.0 Å². The Bertz CT molecular complexity index is 654. The molecule has 0 bridgehead atoms. The number of aromatic nitrogens is 2. The second-order valence-corrected chi connectivity index (χ2v) is 4.74. The van der Waals surface area contributed by atoms with Crippen molar-refractivity contribution in [2.45, 2.75) is 12.3 Å². The molecule has 1 amide bonds. The Morgan fingerprint density at radius 3 is 2.95 bits per heavy atom. The minimum atomic E-state index is -0.418. The van der Waals surface area contributed by atoms with E-state index in [9.17, 15) is 9.18 Å². The number of aromatic amines is 1. The summed E-state index contributed by atoms with van der Waals surface area (Å²) in [5, 5.41) is 2.77. The van der Waals surface area contributed by atoms with Crippen molar-refractivity contribution < 1.29 is 13.9 Å². The predicted octanol–water partition coefficient (Wildman–Crippen LogP) is 1.83. The van der Waals surface area contributed by atoms with Crippen LogP contribution in [0.15, 0.2) is 24.4 Å². The maximum Gasteiger partial charge on any atom is 0.220 e. The lowest BCUT2D eigenvalue weighted by Crippen LogP contribution is -2.13. The van der Waals surface area contributed by atoms with Crippen LogP contribution in [0.3, 0.4) is 0 Å². The van der Waals surface area contributed by atoms with E-state index in [1.165, 1.54) is 13.2 Å². The van der Waals surface area contributed by atoms with E-state index < -0.39 is 5.82 Å². The molecule has 1 aliphatic heterocycles. The summed E-state index contributed by atoms with van der Waals surface area (Å²) in [5.41, 5.74) is 1.42. The third kappa shape index (κ3) is 2.24. The van der Waals surface area contributed by atoms with Crippen molar-refractivity contribution in [1.29, 1.82) is 0 Å². The Labute approximate surface area is 115 Å². The number of nitrogens with one attached hydrogen (secondary N) is 2. The first-order valence-corrected chi connectivity index (χ1v) is 6.33. The molecule has 3 rings (SSSR count). The summed E-state index contributed by atoms with van der Waals surface area (Å²) in [6.07, 6.45) is 2.09. The van der Waals surface area contributed by atoms with E-state index >= 15 is 0 Å². The maximum atomic E-state index is 13.7. The van der Waals surface area contributed by atoms with Crippen LogP contribution in [0.4, 0.5) is 4.39 Å². The SMILES string of the molecule is COc1ccc(-c2cnc(C3CNC(=O)C3)[nH]2)cc1F. The van der Waals surface area contributed by atoms with Gasteiger partial charge in [-0.3, -0.25) is 4.79 Å². The van der Waals surface area contributed by atoms with Gasteiger partial charge in [0.05, 0.1) is 19.0 Å². The molecule has 0 spiro atoms. The fourth-order valence-corrected chi connectivity index (χ4v) is 2.32. The molecule has 1 unspecified atom stereocenters. The van der Waals surface area contributed by atoms with Gasteiger partial charge in [-0.2, -0.15) is 0 Å². The van der Waals surface area contributed by atoms with Crippen LogP contribution in [0, 0.1) is 5.82 Å². The van der Waals surface area contributed by atoms with Gasteiger partial charge in [-0.25, -0.2) is 9.37 Å². The molecule has 1 atom stereocenters. The van der Waals surface area contributed by atoms with Crippen LogP contribution in [0.25, 0.3) is 11.3 Å². The van der Waals surface area contributed by atoms with Gasteiger partial charge in [0.2, 0.25) is 5.91 Å². The second-order valence-electron chi connectivity index (χ2n) is 4.74. The number of ether oxygens (including phenoxy) is 1. The standard InChI is InChI=1S/C14H14FN3O2/c1-20-12-3-2-8(4-10(12)15)11-7-17-14(18-11)9-5-13(19)16-6-9/h2-4,7,9H,5-6H2,1H3,(H,16,19)(H,17,18). The Morgan fingerprint density at radius 2 is 2.30 bits per heavy atom. The van der Waals surface area contributed by atoms with Gasteiger partial charge in [-0.1, -0.05) is 0 Å². The largest absolute Gasteiger partial charge is 0.494 e. The zero-order valence-electron chi connectivity index (χ0n) is 10.9. The smallest absolute Gasteiger partial charge is 0.220 e. The zero-order valence-corrected chi connectivity index (χ0v) is 10.9. The third-order valence-corrected chi connectivity index (χ3v) is 3.42. The van der Waals surface area contributed by atoms with Gasteiger partial charge >= 0.3 is 0 Å². The lowest BCUT2D eigenvalue weighted by Gasteiger charge is -2.04. The maximum absolute atomic E-state index is 13.7. The average Bonchev–Trinajstić information content (AvgIpc) is 3.07. The second kappa shape index (κ2) is 4.96.